The largest absolute Gasteiger partial charge is 0.363 e. The highest BCUT2D eigenvalue weighted by Gasteiger charge is 2.25. The summed E-state index contributed by atoms with van der Waals surface area (Å²) >= 11 is 0. The highest BCUT2D eigenvalue weighted by atomic mass is 32.3. The number of rotatable bonds is 4. The van der Waals surface area contributed by atoms with Gasteiger partial charge in [-0.25, -0.2) is 0 Å². The molecule has 0 fully saturated rings. The maximum Gasteiger partial charge on any atom is 0.153 e. The lowest BCUT2D eigenvalue weighted by Gasteiger charge is -2.37. The van der Waals surface area contributed by atoms with Crippen LogP contribution >= 0.6 is 10.8 Å². The number of ether oxygens (including phenoxy) is 1. The van der Waals surface area contributed by atoms with Crippen LogP contribution in [0.1, 0.15) is 13.8 Å². The van der Waals surface area contributed by atoms with Gasteiger partial charge in [-0.1, -0.05) is 10.8 Å². The molecular weight excluding hydrogens is 173 g/mol. The van der Waals surface area contributed by atoms with E-state index < -0.39 is 22.8 Å². The Hall–Kier alpha value is 0.120. The van der Waals surface area contributed by atoms with Gasteiger partial charge >= 0.3 is 0 Å². The molecule has 0 atom stereocenters. The first kappa shape index (κ1) is 11.1. The quantitative estimate of drug-likeness (QED) is 0.659. The third-order valence-corrected chi connectivity index (χ3v) is 2.49. The molecule has 4 nitrogen and oxygen atoms in total. The maximum atomic E-state index is 12.8. The number of halogens is 1. The second-order valence-corrected chi connectivity index (χ2v) is 4.25. The first-order valence-corrected chi connectivity index (χ1v) is 4.79. The molecule has 0 heterocycles. The van der Waals surface area contributed by atoms with Crippen LogP contribution in [-0.2, 0) is 4.74 Å². The van der Waals surface area contributed by atoms with Crippen LogP contribution in [-0.4, -0.2) is 32.7 Å². The van der Waals surface area contributed by atoms with Gasteiger partial charge in [0.15, 0.2) is 5.94 Å². The molecule has 0 aromatic heterocycles. The zero-order chi connectivity index (χ0) is 9.07. The van der Waals surface area contributed by atoms with Gasteiger partial charge in [-0.15, -0.1) is 4.48 Å². The van der Waals surface area contributed by atoms with Crippen LogP contribution in [0.5, 0.6) is 0 Å². The van der Waals surface area contributed by atoms with Gasteiger partial charge in [-0.2, -0.15) is 0 Å². The molecule has 0 rings (SSSR count). The molecule has 0 spiro atoms. The average molecular weight is 187 g/mol. The SMILES string of the molecule is COCS(O)(O)N(F)C(C)C. The van der Waals surface area contributed by atoms with Gasteiger partial charge in [-0.3, -0.25) is 9.11 Å². The van der Waals surface area contributed by atoms with Crippen LogP contribution in [0.4, 0.5) is 4.48 Å². The Balaban J connectivity index is 4.05. The van der Waals surface area contributed by atoms with Crippen LogP contribution in [0.15, 0.2) is 0 Å². The molecule has 0 aromatic carbocycles. The molecule has 0 aromatic rings. The van der Waals surface area contributed by atoms with Gasteiger partial charge in [0.25, 0.3) is 0 Å². The highest BCUT2D eigenvalue weighted by Crippen LogP contribution is 2.44. The summed E-state index contributed by atoms with van der Waals surface area (Å²) in [6, 6.07) is -0.560. The minimum atomic E-state index is -3.37. The Kier molecular flexibility index (Phi) is 4.27. The summed E-state index contributed by atoms with van der Waals surface area (Å²) < 4.78 is 35.3. The second kappa shape index (κ2) is 4.22. The summed E-state index contributed by atoms with van der Waals surface area (Å²) in [6.07, 6.45) is 0. The summed E-state index contributed by atoms with van der Waals surface area (Å²) in [5.74, 6) is -0.401. The van der Waals surface area contributed by atoms with Crippen LogP contribution < -0.4 is 0 Å². The fraction of sp³-hybridized carbons (Fsp3) is 1.00. The standard InChI is InChI=1S/C5H14FNO3S/c1-5(2)7(6)11(8,9)4-10-3/h5,8-9H,4H2,1-3H3. The monoisotopic (exact) mass is 187 g/mol. The van der Waals surface area contributed by atoms with E-state index in [0.717, 1.165) is 0 Å². The van der Waals surface area contributed by atoms with Crippen molar-refractivity contribution >= 4 is 10.8 Å². The number of hydrogen-bond acceptors (Lipinski definition) is 4. The molecule has 0 amide bonds. The van der Waals surface area contributed by atoms with E-state index in [1.807, 2.05) is 0 Å². The molecule has 6 heteroatoms. The van der Waals surface area contributed by atoms with Crippen molar-refractivity contribution in [3.8, 4) is 0 Å². The number of nitrogens with zero attached hydrogens (tertiary/aromatic N) is 1. The van der Waals surface area contributed by atoms with E-state index in [1.165, 1.54) is 21.0 Å². The van der Waals surface area contributed by atoms with Crippen LogP contribution in [0.2, 0.25) is 0 Å². The molecule has 70 valence electrons. The fourth-order valence-corrected chi connectivity index (χ4v) is 1.64. The summed E-state index contributed by atoms with van der Waals surface area (Å²) in [5.41, 5.74) is 0. The first-order valence-electron chi connectivity index (χ1n) is 3.12. The first-order chi connectivity index (χ1) is 4.91. The maximum absolute atomic E-state index is 12.8. The molecule has 2 N–H and O–H groups in total. The van der Waals surface area contributed by atoms with Crippen molar-refractivity contribution in [2.75, 3.05) is 13.0 Å². The van der Waals surface area contributed by atoms with E-state index in [0.29, 0.717) is 0 Å². The lowest BCUT2D eigenvalue weighted by Crippen LogP contribution is -2.28. The van der Waals surface area contributed by atoms with E-state index in [1.54, 1.807) is 0 Å². The smallest absolute Gasteiger partial charge is 0.153 e. The summed E-state index contributed by atoms with van der Waals surface area (Å²) in [4.78, 5) is 0. The molecule has 0 aliphatic heterocycles. The molecule has 0 aliphatic carbocycles. The molecule has 11 heavy (non-hydrogen) atoms. The Morgan fingerprint density at radius 1 is 1.55 bits per heavy atom. The van der Waals surface area contributed by atoms with Crippen molar-refractivity contribution in [3.05, 3.63) is 0 Å². The number of hydrogen-bond donors (Lipinski definition) is 2. The molecule has 0 unspecified atom stereocenters. The van der Waals surface area contributed by atoms with Gasteiger partial charge in [0.1, 0.15) is 0 Å². The van der Waals surface area contributed by atoms with Gasteiger partial charge in [0, 0.05) is 7.11 Å². The molecule has 0 radical (unpaired) electrons. The Morgan fingerprint density at radius 2 is 2.00 bits per heavy atom. The number of methoxy groups -OCH3 is 1. The van der Waals surface area contributed by atoms with E-state index in [9.17, 15) is 4.48 Å². The van der Waals surface area contributed by atoms with Gasteiger partial charge in [0.2, 0.25) is 0 Å². The summed E-state index contributed by atoms with van der Waals surface area (Å²) in [7, 11) is -2.09. The summed E-state index contributed by atoms with van der Waals surface area (Å²) in [6.45, 7) is 3.04. The van der Waals surface area contributed by atoms with Crippen LogP contribution in [0, 0.1) is 0 Å². The van der Waals surface area contributed by atoms with Crippen LogP contribution in [0.3, 0.4) is 0 Å². The van der Waals surface area contributed by atoms with Gasteiger partial charge < -0.3 is 4.74 Å². The minimum absolute atomic E-state index is 0.0104. The predicted molar refractivity (Wildman–Crippen MR) is 42.8 cm³/mol. The topological polar surface area (TPSA) is 52.9 Å². The Bertz CT molecular complexity index is 122. The van der Waals surface area contributed by atoms with Gasteiger partial charge in [0.05, 0.1) is 6.04 Å². The van der Waals surface area contributed by atoms with Crippen molar-refractivity contribution in [1.29, 1.82) is 0 Å². The average Bonchev–Trinajstić information content (AvgIpc) is 1.86. The van der Waals surface area contributed by atoms with Crippen molar-refractivity contribution in [2.24, 2.45) is 0 Å². The Labute approximate surface area is 67.4 Å². The van der Waals surface area contributed by atoms with Crippen molar-refractivity contribution in [2.45, 2.75) is 19.9 Å². The van der Waals surface area contributed by atoms with E-state index >= 15 is 0 Å². The highest BCUT2D eigenvalue weighted by molar-refractivity contribution is 8.22. The van der Waals surface area contributed by atoms with Gasteiger partial charge in [-0.05, 0) is 18.4 Å². The van der Waals surface area contributed by atoms with Crippen molar-refractivity contribution in [3.63, 3.8) is 0 Å². The van der Waals surface area contributed by atoms with Crippen molar-refractivity contribution < 1.29 is 18.3 Å². The lowest BCUT2D eigenvalue weighted by molar-refractivity contribution is 0.0745. The second-order valence-electron chi connectivity index (χ2n) is 2.40. The fourth-order valence-electron chi connectivity index (χ4n) is 0.546. The zero-order valence-electron chi connectivity index (χ0n) is 6.82. The third kappa shape index (κ3) is 3.35. The molecule has 0 bridgehead atoms. The Morgan fingerprint density at radius 3 is 2.27 bits per heavy atom. The molecule has 0 saturated heterocycles. The lowest BCUT2D eigenvalue weighted by atomic mass is 10.4. The minimum Gasteiger partial charge on any atom is -0.363 e. The van der Waals surface area contributed by atoms with Crippen LogP contribution in [0.25, 0.3) is 0 Å². The van der Waals surface area contributed by atoms with E-state index in [2.05, 4.69) is 4.74 Å². The van der Waals surface area contributed by atoms with E-state index in [-0.39, 0.29) is 4.53 Å². The van der Waals surface area contributed by atoms with Crippen molar-refractivity contribution in [1.82, 2.24) is 4.53 Å². The third-order valence-electron chi connectivity index (χ3n) is 0.961. The summed E-state index contributed by atoms with van der Waals surface area (Å²) in [5, 5.41) is 0. The molecule has 0 saturated carbocycles. The normalized spacial score (nSPS) is 14.5. The predicted octanol–water partition coefficient (Wildman–Crippen LogP) is 1.85. The zero-order valence-corrected chi connectivity index (χ0v) is 7.64. The van der Waals surface area contributed by atoms with E-state index in [4.69, 9.17) is 9.11 Å². The molecule has 0 aliphatic rings. The molecular formula is C5H14FNO3S.